The molecule has 23 heavy (non-hydrogen) atoms. The van der Waals surface area contributed by atoms with Crippen LogP contribution in [0.5, 0.6) is 0 Å². The third-order valence-corrected chi connectivity index (χ3v) is 4.22. The fraction of sp³-hybridized carbons (Fsp3) is 0.357. The van der Waals surface area contributed by atoms with Crippen molar-refractivity contribution in [1.82, 2.24) is 25.1 Å². The number of thioether (sulfide) groups is 1. The summed E-state index contributed by atoms with van der Waals surface area (Å²) >= 11 is 7.13. The van der Waals surface area contributed by atoms with Crippen molar-refractivity contribution in [2.75, 3.05) is 18.8 Å². The molecule has 1 aromatic heterocycles. The molecule has 0 spiro atoms. The van der Waals surface area contributed by atoms with Gasteiger partial charge in [-0.05, 0) is 41.6 Å². The first-order chi connectivity index (χ1) is 11.2. The van der Waals surface area contributed by atoms with E-state index in [1.807, 2.05) is 13.0 Å². The summed E-state index contributed by atoms with van der Waals surface area (Å²) in [5.41, 5.74) is 0.770. The smallest absolute Gasteiger partial charge is 0.233 e. The Kier molecular flexibility index (Phi) is 6.38. The highest BCUT2D eigenvalue weighted by Gasteiger charge is 2.15. The first-order valence-electron chi connectivity index (χ1n) is 6.97. The average Bonchev–Trinajstić information content (AvgIpc) is 3.03. The third-order valence-electron chi connectivity index (χ3n) is 3.06. The van der Waals surface area contributed by atoms with Gasteiger partial charge in [-0.2, -0.15) is 9.94 Å². The first kappa shape index (κ1) is 17.2. The standard InChI is InChI=1S/C14H15ClN6OS/c1-2-20(9-3-8-16)13(22)10-23-14-17-18-19-21(14)12-6-4-11(15)5-7-12/h4-7H,2-3,9-10H2,1H3. The van der Waals surface area contributed by atoms with E-state index in [9.17, 15) is 4.79 Å². The molecule has 0 aliphatic carbocycles. The van der Waals surface area contributed by atoms with Crippen LogP contribution in [-0.4, -0.2) is 49.9 Å². The van der Waals surface area contributed by atoms with E-state index >= 15 is 0 Å². The second-order valence-electron chi connectivity index (χ2n) is 4.52. The molecule has 1 amide bonds. The summed E-state index contributed by atoms with van der Waals surface area (Å²) in [6.07, 6.45) is 0.326. The Morgan fingerprint density at radius 3 is 2.83 bits per heavy atom. The third kappa shape index (κ3) is 4.68. The molecule has 0 aliphatic rings. The summed E-state index contributed by atoms with van der Waals surface area (Å²) in [6, 6.07) is 9.14. The average molecular weight is 351 g/mol. The number of hydrogen-bond acceptors (Lipinski definition) is 6. The Bertz CT molecular complexity index is 696. The molecule has 0 saturated carbocycles. The van der Waals surface area contributed by atoms with Gasteiger partial charge in [-0.3, -0.25) is 4.79 Å². The van der Waals surface area contributed by atoms with Crippen molar-refractivity contribution in [3.63, 3.8) is 0 Å². The molecule has 9 heteroatoms. The number of amides is 1. The molecule has 120 valence electrons. The van der Waals surface area contributed by atoms with E-state index < -0.39 is 0 Å². The van der Waals surface area contributed by atoms with Crippen LogP contribution < -0.4 is 0 Å². The molecule has 7 nitrogen and oxygen atoms in total. The number of tetrazole rings is 1. The number of rotatable bonds is 7. The molecule has 0 saturated heterocycles. The molecule has 2 rings (SSSR count). The molecule has 0 unspecified atom stereocenters. The Morgan fingerprint density at radius 2 is 2.17 bits per heavy atom. The van der Waals surface area contributed by atoms with Gasteiger partial charge >= 0.3 is 0 Å². The molecular formula is C14H15ClN6OS. The molecule has 0 N–H and O–H groups in total. The van der Waals surface area contributed by atoms with Crippen molar-refractivity contribution < 1.29 is 4.79 Å². The van der Waals surface area contributed by atoms with E-state index in [0.717, 1.165) is 5.69 Å². The molecule has 0 radical (unpaired) electrons. The maximum Gasteiger partial charge on any atom is 0.233 e. The van der Waals surface area contributed by atoms with E-state index in [0.29, 0.717) is 29.7 Å². The van der Waals surface area contributed by atoms with Gasteiger partial charge in [0.2, 0.25) is 11.1 Å². The van der Waals surface area contributed by atoms with Crippen LogP contribution in [0.25, 0.3) is 5.69 Å². The van der Waals surface area contributed by atoms with Gasteiger partial charge in [0, 0.05) is 18.1 Å². The molecular weight excluding hydrogens is 336 g/mol. The van der Waals surface area contributed by atoms with Crippen molar-refractivity contribution in [2.24, 2.45) is 0 Å². The number of carbonyl (C=O) groups is 1. The molecule has 0 fully saturated rings. The number of halogens is 1. The Labute approximate surface area is 143 Å². The number of carbonyl (C=O) groups excluding carboxylic acids is 1. The van der Waals surface area contributed by atoms with Gasteiger partial charge in [0.15, 0.2) is 0 Å². The highest BCUT2D eigenvalue weighted by atomic mass is 35.5. The van der Waals surface area contributed by atoms with E-state index in [1.54, 1.807) is 33.8 Å². The SMILES string of the molecule is CCN(CCC#N)C(=O)CSc1nnnn1-c1ccc(Cl)cc1. The minimum atomic E-state index is -0.0431. The van der Waals surface area contributed by atoms with Crippen molar-refractivity contribution in [1.29, 1.82) is 5.26 Å². The second kappa shape index (κ2) is 8.50. The van der Waals surface area contributed by atoms with Crippen LogP contribution in [0.15, 0.2) is 29.4 Å². The zero-order valence-corrected chi connectivity index (χ0v) is 14.1. The van der Waals surface area contributed by atoms with Crippen LogP contribution >= 0.6 is 23.4 Å². The van der Waals surface area contributed by atoms with Crippen molar-refractivity contribution in [3.8, 4) is 11.8 Å². The van der Waals surface area contributed by atoms with Gasteiger partial charge in [0.1, 0.15) is 0 Å². The van der Waals surface area contributed by atoms with Crippen molar-refractivity contribution in [2.45, 2.75) is 18.5 Å². The lowest BCUT2D eigenvalue weighted by atomic mass is 10.3. The van der Waals surface area contributed by atoms with Gasteiger partial charge in [-0.1, -0.05) is 23.4 Å². The highest BCUT2D eigenvalue weighted by Crippen LogP contribution is 2.20. The van der Waals surface area contributed by atoms with Gasteiger partial charge < -0.3 is 4.90 Å². The summed E-state index contributed by atoms with van der Waals surface area (Å²) in [5, 5.41) is 21.3. The van der Waals surface area contributed by atoms with Gasteiger partial charge in [-0.25, -0.2) is 0 Å². The van der Waals surface area contributed by atoms with Crippen LogP contribution in [0.1, 0.15) is 13.3 Å². The lowest BCUT2D eigenvalue weighted by molar-refractivity contribution is -0.128. The highest BCUT2D eigenvalue weighted by molar-refractivity contribution is 7.99. The van der Waals surface area contributed by atoms with E-state index in [-0.39, 0.29) is 11.7 Å². The molecule has 1 heterocycles. The zero-order chi connectivity index (χ0) is 16.7. The molecule has 0 atom stereocenters. The molecule has 0 aliphatic heterocycles. The summed E-state index contributed by atoms with van der Waals surface area (Å²) in [6.45, 7) is 2.90. The van der Waals surface area contributed by atoms with Gasteiger partial charge in [0.25, 0.3) is 0 Å². The van der Waals surface area contributed by atoms with Crippen molar-refractivity contribution in [3.05, 3.63) is 29.3 Å². The van der Waals surface area contributed by atoms with Crippen LogP contribution in [0.4, 0.5) is 0 Å². The van der Waals surface area contributed by atoms with Crippen LogP contribution in [0.3, 0.4) is 0 Å². The van der Waals surface area contributed by atoms with E-state index in [1.165, 1.54) is 11.8 Å². The lowest BCUT2D eigenvalue weighted by Crippen LogP contribution is -2.33. The van der Waals surface area contributed by atoms with Crippen LogP contribution in [0.2, 0.25) is 5.02 Å². The summed E-state index contributed by atoms with van der Waals surface area (Å²) in [7, 11) is 0. The predicted octanol–water partition coefficient (Wildman–Crippen LogP) is 2.17. The summed E-state index contributed by atoms with van der Waals surface area (Å²) in [5.74, 6) is 0.172. The fourth-order valence-electron chi connectivity index (χ4n) is 1.87. The Hall–Kier alpha value is -2.11. The fourth-order valence-corrected chi connectivity index (χ4v) is 2.79. The van der Waals surface area contributed by atoms with Crippen molar-refractivity contribution >= 4 is 29.3 Å². The van der Waals surface area contributed by atoms with Crippen LogP contribution in [0, 0.1) is 11.3 Å². The Balaban J connectivity index is 2.02. The van der Waals surface area contributed by atoms with Gasteiger partial charge in [-0.15, -0.1) is 5.10 Å². The summed E-state index contributed by atoms with van der Waals surface area (Å²) < 4.78 is 1.56. The molecule has 0 bridgehead atoms. The number of benzene rings is 1. The number of nitrogens with zero attached hydrogens (tertiary/aromatic N) is 6. The maximum absolute atomic E-state index is 12.2. The predicted molar refractivity (Wildman–Crippen MR) is 87.4 cm³/mol. The number of hydrogen-bond donors (Lipinski definition) is 0. The first-order valence-corrected chi connectivity index (χ1v) is 8.34. The largest absolute Gasteiger partial charge is 0.341 e. The minimum Gasteiger partial charge on any atom is -0.341 e. The topological polar surface area (TPSA) is 87.7 Å². The van der Waals surface area contributed by atoms with E-state index in [4.69, 9.17) is 16.9 Å². The second-order valence-corrected chi connectivity index (χ2v) is 5.90. The Morgan fingerprint density at radius 1 is 1.43 bits per heavy atom. The van der Waals surface area contributed by atoms with Crippen LogP contribution in [-0.2, 0) is 4.79 Å². The maximum atomic E-state index is 12.2. The quantitative estimate of drug-likeness (QED) is 0.711. The molecule has 2 aromatic rings. The lowest BCUT2D eigenvalue weighted by Gasteiger charge is -2.18. The number of aromatic nitrogens is 4. The normalized spacial score (nSPS) is 10.3. The number of nitriles is 1. The van der Waals surface area contributed by atoms with Gasteiger partial charge in [0.05, 0.1) is 23.9 Å². The van der Waals surface area contributed by atoms with E-state index in [2.05, 4.69) is 15.5 Å². The minimum absolute atomic E-state index is 0.0431. The zero-order valence-electron chi connectivity index (χ0n) is 12.5. The summed E-state index contributed by atoms with van der Waals surface area (Å²) in [4.78, 5) is 13.8. The monoisotopic (exact) mass is 350 g/mol. The molecule has 1 aromatic carbocycles.